The van der Waals surface area contributed by atoms with Gasteiger partial charge in [0.2, 0.25) is 11.8 Å². The maximum Gasteiger partial charge on any atom is 0.319 e. The summed E-state index contributed by atoms with van der Waals surface area (Å²) in [6.45, 7) is 6.80. The lowest BCUT2D eigenvalue weighted by molar-refractivity contribution is -0.120. The highest BCUT2D eigenvalue weighted by Crippen LogP contribution is 2.20. The second-order valence-electron chi connectivity index (χ2n) is 5.43. The van der Waals surface area contributed by atoms with Crippen LogP contribution in [0.25, 0.3) is 0 Å². The van der Waals surface area contributed by atoms with Crippen LogP contribution in [-0.2, 0) is 9.59 Å². The highest BCUT2D eigenvalue weighted by molar-refractivity contribution is 5.95. The van der Waals surface area contributed by atoms with Gasteiger partial charge in [-0.15, -0.1) is 0 Å². The first kappa shape index (κ1) is 17.5. The van der Waals surface area contributed by atoms with Gasteiger partial charge in [0.05, 0.1) is 0 Å². The average Bonchev–Trinajstić information content (AvgIpc) is 2.38. The number of nitrogens with two attached hydrogens (primary N) is 1. The molecular weight excluding hydrogens is 284 g/mol. The van der Waals surface area contributed by atoms with E-state index in [4.69, 9.17) is 5.73 Å². The zero-order valence-electron chi connectivity index (χ0n) is 13.2. The second-order valence-corrected chi connectivity index (χ2v) is 5.43. The third-order valence-electron chi connectivity index (χ3n) is 3.07. The van der Waals surface area contributed by atoms with Gasteiger partial charge in [0, 0.05) is 18.3 Å². The highest BCUT2D eigenvalue weighted by atomic mass is 16.2. The molecule has 0 bridgehead atoms. The van der Waals surface area contributed by atoms with Gasteiger partial charge in [-0.05, 0) is 30.5 Å². The molecule has 0 radical (unpaired) electrons. The number of urea groups is 1. The SMILES string of the molecule is CC(=O)Nc1ccc(C)c(NC(=O)NC(C(N)=O)C(C)C)c1. The van der Waals surface area contributed by atoms with E-state index in [9.17, 15) is 14.4 Å². The van der Waals surface area contributed by atoms with E-state index >= 15 is 0 Å². The Morgan fingerprint density at radius 1 is 1.14 bits per heavy atom. The Morgan fingerprint density at radius 2 is 1.77 bits per heavy atom. The molecule has 1 rings (SSSR count). The van der Waals surface area contributed by atoms with Crippen LogP contribution in [0.15, 0.2) is 18.2 Å². The maximum absolute atomic E-state index is 12.0. The van der Waals surface area contributed by atoms with Gasteiger partial charge in [0.25, 0.3) is 0 Å². The molecule has 0 saturated heterocycles. The number of aryl methyl sites for hydroxylation is 1. The minimum absolute atomic E-state index is 0.116. The first-order chi connectivity index (χ1) is 10.2. The first-order valence-electron chi connectivity index (χ1n) is 6.95. The quantitative estimate of drug-likeness (QED) is 0.662. The van der Waals surface area contributed by atoms with Crippen molar-refractivity contribution in [1.29, 1.82) is 0 Å². The van der Waals surface area contributed by atoms with E-state index in [1.807, 2.05) is 6.92 Å². The first-order valence-corrected chi connectivity index (χ1v) is 6.95. The lowest BCUT2D eigenvalue weighted by Crippen LogP contribution is -2.49. The molecule has 4 amide bonds. The normalized spacial score (nSPS) is 11.7. The molecule has 7 heteroatoms. The number of rotatable bonds is 5. The molecule has 0 aromatic heterocycles. The number of benzene rings is 1. The number of amides is 4. The summed E-state index contributed by atoms with van der Waals surface area (Å²) >= 11 is 0. The zero-order valence-corrected chi connectivity index (χ0v) is 13.2. The summed E-state index contributed by atoms with van der Waals surface area (Å²) in [7, 11) is 0. The van der Waals surface area contributed by atoms with Gasteiger partial charge in [0.1, 0.15) is 6.04 Å². The molecule has 1 aromatic carbocycles. The van der Waals surface area contributed by atoms with Crippen molar-refractivity contribution < 1.29 is 14.4 Å². The van der Waals surface area contributed by atoms with Gasteiger partial charge in [-0.2, -0.15) is 0 Å². The van der Waals surface area contributed by atoms with Crippen LogP contribution in [0.3, 0.4) is 0 Å². The number of anilines is 2. The van der Waals surface area contributed by atoms with Crippen LogP contribution in [0, 0.1) is 12.8 Å². The Kier molecular flexibility index (Phi) is 5.91. The topological polar surface area (TPSA) is 113 Å². The van der Waals surface area contributed by atoms with E-state index in [2.05, 4.69) is 16.0 Å². The average molecular weight is 306 g/mol. The van der Waals surface area contributed by atoms with Crippen LogP contribution in [0.5, 0.6) is 0 Å². The third kappa shape index (κ3) is 5.08. The molecule has 120 valence electrons. The van der Waals surface area contributed by atoms with E-state index in [1.54, 1.807) is 32.0 Å². The van der Waals surface area contributed by atoms with E-state index in [-0.39, 0.29) is 11.8 Å². The van der Waals surface area contributed by atoms with Gasteiger partial charge in [-0.3, -0.25) is 9.59 Å². The van der Waals surface area contributed by atoms with Crippen molar-refractivity contribution in [1.82, 2.24) is 5.32 Å². The Morgan fingerprint density at radius 3 is 2.27 bits per heavy atom. The molecule has 0 aliphatic heterocycles. The fourth-order valence-corrected chi connectivity index (χ4v) is 1.90. The van der Waals surface area contributed by atoms with Crippen molar-refractivity contribution in [2.75, 3.05) is 10.6 Å². The van der Waals surface area contributed by atoms with Crippen LogP contribution in [0.1, 0.15) is 26.3 Å². The zero-order chi connectivity index (χ0) is 16.9. The summed E-state index contributed by atoms with van der Waals surface area (Å²) in [5, 5.41) is 7.83. The molecule has 0 aliphatic carbocycles. The summed E-state index contributed by atoms with van der Waals surface area (Å²) in [5.74, 6) is -0.906. The number of hydrogen-bond donors (Lipinski definition) is 4. The number of carbonyl (C=O) groups is 3. The molecule has 1 unspecified atom stereocenters. The summed E-state index contributed by atoms with van der Waals surface area (Å²) in [6.07, 6.45) is 0. The number of primary amides is 1. The van der Waals surface area contributed by atoms with Gasteiger partial charge in [0.15, 0.2) is 0 Å². The van der Waals surface area contributed by atoms with Crippen molar-refractivity contribution in [2.24, 2.45) is 11.7 Å². The Labute approximate surface area is 129 Å². The van der Waals surface area contributed by atoms with E-state index in [1.165, 1.54) is 6.92 Å². The molecule has 22 heavy (non-hydrogen) atoms. The van der Waals surface area contributed by atoms with Crippen LogP contribution >= 0.6 is 0 Å². The lowest BCUT2D eigenvalue weighted by Gasteiger charge is -2.20. The fraction of sp³-hybridized carbons (Fsp3) is 0.400. The van der Waals surface area contributed by atoms with Crippen LogP contribution in [0.2, 0.25) is 0 Å². The number of nitrogens with one attached hydrogen (secondary N) is 3. The smallest absolute Gasteiger partial charge is 0.319 e. The fourth-order valence-electron chi connectivity index (χ4n) is 1.90. The van der Waals surface area contributed by atoms with Gasteiger partial charge < -0.3 is 21.7 Å². The molecule has 1 aromatic rings. The van der Waals surface area contributed by atoms with Gasteiger partial charge in [-0.25, -0.2) is 4.79 Å². The molecule has 0 aliphatic rings. The minimum atomic E-state index is -0.751. The van der Waals surface area contributed by atoms with E-state index < -0.39 is 18.0 Å². The molecule has 0 spiro atoms. The summed E-state index contributed by atoms with van der Waals surface area (Å²) in [5.41, 5.74) is 7.19. The predicted molar refractivity (Wildman–Crippen MR) is 85.5 cm³/mol. The van der Waals surface area contributed by atoms with Crippen LogP contribution in [-0.4, -0.2) is 23.9 Å². The van der Waals surface area contributed by atoms with Crippen molar-refractivity contribution >= 4 is 29.2 Å². The number of carbonyl (C=O) groups excluding carboxylic acids is 3. The van der Waals surface area contributed by atoms with Crippen molar-refractivity contribution in [3.05, 3.63) is 23.8 Å². The lowest BCUT2D eigenvalue weighted by atomic mass is 10.0. The van der Waals surface area contributed by atoms with E-state index in [0.717, 1.165) is 5.56 Å². The van der Waals surface area contributed by atoms with E-state index in [0.29, 0.717) is 11.4 Å². The molecule has 7 nitrogen and oxygen atoms in total. The molecule has 1 atom stereocenters. The van der Waals surface area contributed by atoms with Gasteiger partial charge >= 0.3 is 6.03 Å². The monoisotopic (exact) mass is 306 g/mol. The van der Waals surface area contributed by atoms with Crippen LogP contribution in [0.4, 0.5) is 16.2 Å². The third-order valence-corrected chi connectivity index (χ3v) is 3.07. The Hall–Kier alpha value is -2.57. The van der Waals surface area contributed by atoms with Crippen molar-refractivity contribution in [2.45, 2.75) is 33.7 Å². The summed E-state index contributed by atoms with van der Waals surface area (Å²) < 4.78 is 0. The predicted octanol–water partition coefficient (Wildman–Crippen LogP) is 1.58. The second kappa shape index (κ2) is 7.44. The van der Waals surface area contributed by atoms with Crippen molar-refractivity contribution in [3.8, 4) is 0 Å². The van der Waals surface area contributed by atoms with Crippen LogP contribution < -0.4 is 21.7 Å². The molecular formula is C15H22N4O3. The molecule has 5 N–H and O–H groups in total. The highest BCUT2D eigenvalue weighted by Gasteiger charge is 2.21. The molecule has 0 fully saturated rings. The van der Waals surface area contributed by atoms with Crippen molar-refractivity contribution in [3.63, 3.8) is 0 Å². The molecule has 0 saturated carbocycles. The minimum Gasteiger partial charge on any atom is -0.368 e. The Bertz CT molecular complexity index is 584. The summed E-state index contributed by atoms with van der Waals surface area (Å²) in [6, 6.07) is 3.87. The summed E-state index contributed by atoms with van der Waals surface area (Å²) in [4.78, 5) is 34.4. The maximum atomic E-state index is 12.0. The largest absolute Gasteiger partial charge is 0.368 e. The standard InChI is InChI=1S/C15H22N4O3/c1-8(2)13(14(16)21)19-15(22)18-12-7-11(17-10(4)20)6-5-9(12)3/h5-8,13H,1-4H3,(H2,16,21)(H,17,20)(H2,18,19,22). The number of hydrogen-bond acceptors (Lipinski definition) is 3. The van der Waals surface area contributed by atoms with Gasteiger partial charge in [-0.1, -0.05) is 19.9 Å². The Balaban J connectivity index is 2.83. The molecule has 0 heterocycles.